The van der Waals surface area contributed by atoms with Gasteiger partial charge in [-0.3, -0.25) is 4.79 Å². The fourth-order valence-corrected chi connectivity index (χ4v) is 3.87. The Morgan fingerprint density at radius 2 is 1.81 bits per heavy atom. The van der Waals surface area contributed by atoms with Gasteiger partial charge in [0, 0.05) is 19.4 Å². The summed E-state index contributed by atoms with van der Waals surface area (Å²) >= 11 is 0. The first-order chi connectivity index (χ1) is 15.2. The number of benzene rings is 3. The van der Waals surface area contributed by atoms with Crippen molar-refractivity contribution >= 4 is 5.91 Å². The quantitative estimate of drug-likeness (QED) is 0.584. The molecule has 1 N–H and O–H groups in total. The third-order valence-electron chi connectivity index (χ3n) is 5.57. The van der Waals surface area contributed by atoms with Gasteiger partial charge in [-0.25, -0.2) is 0 Å². The smallest absolute Gasteiger partial charge is 0.220 e. The van der Waals surface area contributed by atoms with Gasteiger partial charge in [0.1, 0.15) is 5.75 Å². The molecule has 0 atom stereocenters. The van der Waals surface area contributed by atoms with E-state index < -0.39 is 0 Å². The predicted octanol–water partition coefficient (Wildman–Crippen LogP) is 4.55. The molecule has 3 aromatic rings. The Morgan fingerprint density at radius 3 is 2.58 bits per heavy atom. The summed E-state index contributed by atoms with van der Waals surface area (Å²) < 4.78 is 16.3. The van der Waals surface area contributed by atoms with Gasteiger partial charge in [0.05, 0.1) is 20.8 Å². The molecule has 0 unspecified atom stereocenters. The first-order valence-electron chi connectivity index (χ1n) is 10.5. The van der Waals surface area contributed by atoms with Crippen LogP contribution in [0.1, 0.15) is 23.1 Å². The van der Waals surface area contributed by atoms with E-state index in [0.29, 0.717) is 30.9 Å². The molecule has 0 saturated carbocycles. The number of hydrogen-bond donors (Lipinski definition) is 1. The molecular formula is C26H27NO4. The largest absolute Gasteiger partial charge is 0.493 e. The zero-order valence-corrected chi connectivity index (χ0v) is 17.9. The van der Waals surface area contributed by atoms with E-state index in [9.17, 15) is 4.79 Å². The fourth-order valence-electron chi connectivity index (χ4n) is 3.87. The molecule has 1 amide bonds. The molecule has 1 aliphatic heterocycles. The average Bonchev–Trinajstić information content (AvgIpc) is 3.29. The molecular weight excluding hydrogens is 390 g/mol. The van der Waals surface area contributed by atoms with Crippen LogP contribution in [0.2, 0.25) is 0 Å². The second-order valence-corrected chi connectivity index (χ2v) is 7.55. The maximum absolute atomic E-state index is 12.3. The van der Waals surface area contributed by atoms with Crippen molar-refractivity contribution in [1.82, 2.24) is 5.32 Å². The minimum atomic E-state index is 0.00701. The Labute approximate surface area is 183 Å². The summed E-state index contributed by atoms with van der Waals surface area (Å²) in [7, 11) is 3.22. The van der Waals surface area contributed by atoms with Crippen molar-refractivity contribution < 1.29 is 19.0 Å². The number of carbonyl (C=O) groups is 1. The lowest BCUT2D eigenvalue weighted by atomic mass is 10.0. The van der Waals surface area contributed by atoms with Crippen molar-refractivity contribution in [2.45, 2.75) is 25.8 Å². The minimum absolute atomic E-state index is 0.00701. The van der Waals surface area contributed by atoms with Gasteiger partial charge in [0.2, 0.25) is 5.91 Å². The zero-order chi connectivity index (χ0) is 21.6. The summed E-state index contributed by atoms with van der Waals surface area (Å²) in [5.41, 5.74) is 5.64. The van der Waals surface area contributed by atoms with Gasteiger partial charge in [-0.05, 0) is 52.4 Å². The van der Waals surface area contributed by atoms with Crippen LogP contribution in [0.15, 0.2) is 60.7 Å². The molecule has 0 radical (unpaired) electrons. The Hall–Kier alpha value is -3.47. The van der Waals surface area contributed by atoms with E-state index in [1.807, 2.05) is 24.3 Å². The molecule has 4 rings (SSSR count). The molecule has 31 heavy (non-hydrogen) atoms. The van der Waals surface area contributed by atoms with Crippen LogP contribution in [-0.4, -0.2) is 26.7 Å². The standard InChI is InChI=1S/C26H27NO4/c1-29-24-5-3-4-20(26(24)30-2)11-13-25(28)27-17-18-6-8-19(9-7-18)21-10-12-23-22(16-21)14-15-31-23/h3-10,12,16H,11,13-15,17H2,1-2H3,(H,27,28). The molecule has 0 aromatic heterocycles. The van der Waals surface area contributed by atoms with E-state index in [2.05, 4.69) is 41.7 Å². The highest BCUT2D eigenvalue weighted by Crippen LogP contribution is 2.32. The van der Waals surface area contributed by atoms with Crippen LogP contribution in [0.25, 0.3) is 11.1 Å². The van der Waals surface area contributed by atoms with Crippen LogP contribution in [0.4, 0.5) is 0 Å². The van der Waals surface area contributed by atoms with E-state index in [1.54, 1.807) is 14.2 Å². The summed E-state index contributed by atoms with van der Waals surface area (Å²) in [6.07, 6.45) is 1.95. The topological polar surface area (TPSA) is 56.8 Å². The number of methoxy groups -OCH3 is 2. The highest BCUT2D eigenvalue weighted by atomic mass is 16.5. The molecule has 5 nitrogen and oxygen atoms in total. The highest BCUT2D eigenvalue weighted by molar-refractivity contribution is 5.76. The Kier molecular flexibility index (Phi) is 6.41. The summed E-state index contributed by atoms with van der Waals surface area (Å²) in [6, 6.07) is 20.4. The number of aryl methyl sites for hydroxylation is 1. The monoisotopic (exact) mass is 417 g/mol. The number of carbonyl (C=O) groups excluding carboxylic acids is 1. The molecule has 3 aromatic carbocycles. The molecule has 1 heterocycles. The average molecular weight is 418 g/mol. The molecule has 0 bridgehead atoms. The number of rotatable bonds is 8. The number of nitrogens with one attached hydrogen (secondary N) is 1. The van der Waals surface area contributed by atoms with Crippen molar-refractivity contribution in [2.75, 3.05) is 20.8 Å². The van der Waals surface area contributed by atoms with Crippen LogP contribution < -0.4 is 19.5 Å². The molecule has 0 fully saturated rings. The lowest BCUT2D eigenvalue weighted by Gasteiger charge is -2.12. The van der Waals surface area contributed by atoms with Gasteiger partial charge < -0.3 is 19.5 Å². The van der Waals surface area contributed by atoms with Gasteiger partial charge >= 0.3 is 0 Å². The maximum atomic E-state index is 12.3. The Balaban J connectivity index is 1.31. The summed E-state index contributed by atoms with van der Waals surface area (Å²) in [5.74, 6) is 2.37. The SMILES string of the molecule is COc1cccc(CCC(=O)NCc2ccc(-c3ccc4c(c3)CCO4)cc2)c1OC. The number of hydrogen-bond acceptors (Lipinski definition) is 4. The highest BCUT2D eigenvalue weighted by Gasteiger charge is 2.13. The van der Waals surface area contributed by atoms with E-state index >= 15 is 0 Å². The van der Waals surface area contributed by atoms with Crippen molar-refractivity contribution in [2.24, 2.45) is 0 Å². The molecule has 0 saturated heterocycles. The number of para-hydroxylation sites is 1. The van der Waals surface area contributed by atoms with Gasteiger partial charge in [0.25, 0.3) is 0 Å². The first kappa shape index (κ1) is 20.8. The Morgan fingerprint density at radius 1 is 1.00 bits per heavy atom. The van der Waals surface area contributed by atoms with Crippen LogP contribution in [0.5, 0.6) is 17.2 Å². The molecule has 0 spiro atoms. The van der Waals surface area contributed by atoms with Crippen molar-refractivity contribution in [3.8, 4) is 28.4 Å². The van der Waals surface area contributed by atoms with Crippen molar-refractivity contribution in [3.63, 3.8) is 0 Å². The van der Waals surface area contributed by atoms with Gasteiger partial charge in [0.15, 0.2) is 11.5 Å². The van der Waals surface area contributed by atoms with Crippen LogP contribution in [-0.2, 0) is 24.2 Å². The lowest BCUT2D eigenvalue weighted by Crippen LogP contribution is -2.23. The number of ether oxygens (including phenoxy) is 3. The summed E-state index contributed by atoms with van der Waals surface area (Å²) in [6.45, 7) is 1.27. The predicted molar refractivity (Wildman–Crippen MR) is 121 cm³/mol. The minimum Gasteiger partial charge on any atom is -0.493 e. The van der Waals surface area contributed by atoms with E-state index in [4.69, 9.17) is 14.2 Å². The van der Waals surface area contributed by atoms with Crippen LogP contribution in [0.3, 0.4) is 0 Å². The second-order valence-electron chi connectivity index (χ2n) is 7.55. The fraction of sp³-hybridized carbons (Fsp3) is 0.269. The van der Waals surface area contributed by atoms with Crippen molar-refractivity contribution in [3.05, 3.63) is 77.4 Å². The number of amides is 1. The maximum Gasteiger partial charge on any atom is 0.220 e. The molecule has 5 heteroatoms. The summed E-state index contributed by atoms with van der Waals surface area (Å²) in [5, 5.41) is 3.00. The Bertz CT molecular complexity index is 1060. The lowest BCUT2D eigenvalue weighted by molar-refractivity contribution is -0.121. The van der Waals surface area contributed by atoms with Gasteiger partial charge in [-0.2, -0.15) is 0 Å². The van der Waals surface area contributed by atoms with Crippen LogP contribution >= 0.6 is 0 Å². The van der Waals surface area contributed by atoms with Crippen molar-refractivity contribution in [1.29, 1.82) is 0 Å². The molecule has 160 valence electrons. The first-order valence-corrected chi connectivity index (χ1v) is 10.5. The second kappa shape index (κ2) is 9.56. The van der Waals surface area contributed by atoms with E-state index in [1.165, 1.54) is 11.1 Å². The van der Waals surface area contributed by atoms with Gasteiger partial charge in [-0.1, -0.05) is 42.5 Å². The normalized spacial score (nSPS) is 12.1. The third kappa shape index (κ3) is 4.82. The van der Waals surface area contributed by atoms with E-state index in [-0.39, 0.29) is 5.91 Å². The third-order valence-corrected chi connectivity index (χ3v) is 5.57. The molecule has 1 aliphatic rings. The van der Waals surface area contributed by atoms with Gasteiger partial charge in [-0.15, -0.1) is 0 Å². The number of fused-ring (bicyclic) bond motifs is 1. The van der Waals surface area contributed by atoms with Crippen LogP contribution in [0, 0.1) is 0 Å². The summed E-state index contributed by atoms with van der Waals surface area (Å²) in [4.78, 5) is 12.3. The van der Waals surface area contributed by atoms with E-state index in [0.717, 1.165) is 35.5 Å². The zero-order valence-electron chi connectivity index (χ0n) is 17.9. The molecule has 0 aliphatic carbocycles.